The number of nitrogens with zero attached hydrogens (tertiary/aromatic N) is 1. The third-order valence-corrected chi connectivity index (χ3v) is 3.68. The van der Waals surface area contributed by atoms with Gasteiger partial charge >= 0.3 is 5.97 Å². The maximum atomic E-state index is 11.1. The summed E-state index contributed by atoms with van der Waals surface area (Å²) in [5, 5.41) is 9.81. The zero-order chi connectivity index (χ0) is 13.1. The van der Waals surface area contributed by atoms with Crippen LogP contribution in [0.5, 0.6) is 5.75 Å². The zero-order valence-electron chi connectivity index (χ0n) is 10.1. The molecule has 0 saturated carbocycles. The first-order valence-electron chi connectivity index (χ1n) is 5.53. The molecule has 0 bridgehead atoms. The molecule has 0 aliphatic rings. The topological polar surface area (TPSA) is 59.4 Å². The van der Waals surface area contributed by atoms with Gasteiger partial charge in [0.05, 0.1) is 12.8 Å². The molecule has 0 atom stereocenters. The molecule has 18 heavy (non-hydrogen) atoms. The summed E-state index contributed by atoms with van der Waals surface area (Å²) in [6.07, 6.45) is 0.613. The van der Waals surface area contributed by atoms with Gasteiger partial charge in [0.25, 0.3) is 0 Å². The molecule has 0 spiro atoms. The van der Waals surface area contributed by atoms with Crippen LogP contribution in [0.4, 0.5) is 0 Å². The fourth-order valence-corrected chi connectivity index (χ4v) is 2.63. The van der Waals surface area contributed by atoms with Crippen molar-refractivity contribution in [2.75, 3.05) is 7.11 Å². The lowest BCUT2D eigenvalue weighted by Crippen LogP contribution is -1.97. The number of thiazole rings is 1. The van der Waals surface area contributed by atoms with Gasteiger partial charge in [-0.1, -0.05) is 19.1 Å². The van der Waals surface area contributed by atoms with Gasteiger partial charge in [-0.25, -0.2) is 9.78 Å². The van der Waals surface area contributed by atoms with Crippen LogP contribution in [0, 0.1) is 0 Å². The number of rotatable bonds is 4. The maximum Gasteiger partial charge on any atom is 0.347 e. The van der Waals surface area contributed by atoms with Crippen LogP contribution in [0.1, 0.15) is 22.3 Å². The molecule has 2 rings (SSSR count). The molecule has 0 radical (unpaired) electrons. The lowest BCUT2D eigenvalue weighted by Gasteiger charge is -2.00. The van der Waals surface area contributed by atoms with Gasteiger partial charge in [-0.15, -0.1) is 11.3 Å². The van der Waals surface area contributed by atoms with E-state index >= 15 is 0 Å². The van der Waals surface area contributed by atoms with E-state index < -0.39 is 5.97 Å². The number of aromatic nitrogens is 1. The Morgan fingerprint density at radius 2 is 2.28 bits per heavy atom. The zero-order valence-corrected chi connectivity index (χ0v) is 11.0. The molecule has 1 aromatic carbocycles. The number of hydrogen-bond acceptors (Lipinski definition) is 4. The Kier molecular flexibility index (Phi) is 3.62. The number of aromatic carboxylic acids is 1. The molecule has 0 unspecified atom stereocenters. The van der Waals surface area contributed by atoms with Crippen molar-refractivity contribution in [3.8, 4) is 16.3 Å². The second kappa shape index (κ2) is 5.18. The smallest absolute Gasteiger partial charge is 0.347 e. The number of carbonyl (C=O) groups is 1. The molecule has 0 aliphatic carbocycles. The van der Waals surface area contributed by atoms with Crippen molar-refractivity contribution in [2.45, 2.75) is 13.3 Å². The van der Waals surface area contributed by atoms with E-state index in [-0.39, 0.29) is 0 Å². The van der Waals surface area contributed by atoms with E-state index in [4.69, 9.17) is 9.84 Å². The van der Waals surface area contributed by atoms with Gasteiger partial charge in [0.2, 0.25) is 0 Å². The predicted octanol–water partition coefficient (Wildman–Crippen LogP) is 3.08. The normalized spacial score (nSPS) is 10.3. The van der Waals surface area contributed by atoms with Crippen molar-refractivity contribution in [1.29, 1.82) is 0 Å². The van der Waals surface area contributed by atoms with E-state index in [1.807, 2.05) is 31.2 Å². The summed E-state index contributed by atoms with van der Waals surface area (Å²) < 4.78 is 5.15. The fraction of sp³-hybridized carbons (Fsp3) is 0.231. The van der Waals surface area contributed by atoms with Gasteiger partial charge in [-0.3, -0.25) is 0 Å². The highest BCUT2D eigenvalue weighted by Gasteiger charge is 2.16. The van der Waals surface area contributed by atoms with Gasteiger partial charge in [0.1, 0.15) is 15.6 Å². The molecule has 0 fully saturated rings. The number of carboxylic acid groups (broad SMARTS) is 1. The van der Waals surface area contributed by atoms with Crippen LogP contribution < -0.4 is 4.74 Å². The molecule has 2 aromatic rings. The quantitative estimate of drug-likeness (QED) is 0.920. The Bertz CT molecular complexity index is 577. The maximum absolute atomic E-state index is 11.1. The van der Waals surface area contributed by atoms with Gasteiger partial charge in [-0.2, -0.15) is 0 Å². The molecule has 4 nitrogen and oxygen atoms in total. The summed E-state index contributed by atoms with van der Waals surface area (Å²) in [7, 11) is 1.60. The molecule has 5 heteroatoms. The molecule has 0 aliphatic heterocycles. The number of aryl methyl sites for hydroxylation is 1. The first-order valence-corrected chi connectivity index (χ1v) is 6.34. The third kappa shape index (κ3) is 2.36. The highest BCUT2D eigenvalue weighted by Crippen LogP contribution is 2.30. The summed E-state index contributed by atoms with van der Waals surface area (Å²) in [6.45, 7) is 1.90. The number of ether oxygens (including phenoxy) is 1. The summed E-state index contributed by atoms with van der Waals surface area (Å²) in [5.41, 5.74) is 1.51. The lowest BCUT2D eigenvalue weighted by atomic mass is 10.2. The summed E-state index contributed by atoms with van der Waals surface area (Å²) in [5.74, 6) is -0.184. The fourth-order valence-electron chi connectivity index (χ4n) is 1.64. The van der Waals surface area contributed by atoms with Crippen molar-refractivity contribution >= 4 is 17.3 Å². The Morgan fingerprint density at radius 1 is 1.50 bits per heavy atom. The minimum Gasteiger partial charge on any atom is -0.497 e. The summed E-state index contributed by atoms with van der Waals surface area (Å²) >= 11 is 1.20. The van der Waals surface area contributed by atoms with Gasteiger partial charge < -0.3 is 9.84 Å². The van der Waals surface area contributed by atoms with Crippen LogP contribution in [0.25, 0.3) is 10.6 Å². The lowest BCUT2D eigenvalue weighted by molar-refractivity contribution is 0.0701. The van der Waals surface area contributed by atoms with Crippen molar-refractivity contribution < 1.29 is 14.6 Å². The van der Waals surface area contributed by atoms with E-state index in [9.17, 15) is 4.79 Å². The SMILES string of the molecule is CCc1nc(-c2cccc(OC)c2)sc1C(=O)O. The van der Waals surface area contributed by atoms with E-state index in [1.54, 1.807) is 7.11 Å². The molecule has 1 N–H and O–H groups in total. The van der Waals surface area contributed by atoms with E-state index in [0.29, 0.717) is 22.0 Å². The summed E-state index contributed by atoms with van der Waals surface area (Å²) in [6, 6.07) is 7.45. The third-order valence-electron chi connectivity index (χ3n) is 2.54. The van der Waals surface area contributed by atoms with E-state index in [1.165, 1.54) is 11.3 Å². The van der Waals surface area contributed by atoms with Crippen LogP contribution >= 0.6 is 11.3 Å². The second-order valence-electron chi connectivity index (χ2n) is 3.69. The molecule has 1 heterocycles. The van der Waals surface area contributed by atoms with Gasteiger partial charge in [-0.05, 0) is 18.6 Å². The van der Waals surface area contributed by atoms with E-state index in [0.717, 1.165) is 11.3 Å². The molecule has 0 saturated heterocycles. The Hall–Kier alpha value is -1.88. The van der Waals surface area contributed by atoms with Crippen LogP contribution in [0.2, 0.25) is 0 Å². The largest absolute Gasteiger partial charge is 0.497 e. The molecule has 94 valence electrons. The van der Waals surface area contributed by atoms with Crippen molar-refractivity contribution in [2.24, 2.45) is 0 Å². The van der Waals surface area contributed by atoms with Crippen LogP contribution in [-0.2, 0) is 6.42 Å². The average molecular weight is 263 g/mol. The Labute approximate surface area is 109 Å². The molecule has 0 amide bonds. The number of methoxy groups -OCH3 is 1. The Morgan fingerprint density at radius 3 is 2.83 bits per heavy atom. The standard InChI is InChI=1S/C13H13NO3S/c1-3-10-11(13(15)16)18-12(14-10)8-5-4-6-9(7-8)17-2/h4-7H,3H2,1-2H3,(H,15,16). The first-order chi connectivity index (χ1) is 8.65. The average Bonchev–Trinajstić information content (AvgIpc) is 2.83. The van der Waals surface area contributed by atoms with Crippen LogP contribution in [0.15, 0.2) is 24.3 Å². The highest BCUT2D eigenvalue weighted by molar-refractivity contribution is 7.17. The molecular formula is C13H13NO3S. The summed E-state index contributed by atoms with van der Waals surface area (Å²) in [4.78, 5) is 15.8. The van der Waals surface area contributed by atoms with Crippen LogP contribution in [-0.4, -0.2) is 23.2 Å². The van der Waals surface area contributed by atoms with Crippen molar-refractivity contribution in [3.05, 3.63) is 34.8 Å². The van der Waals surface area contributed by atoms with Gasteiger partial charge in [0.15, 0.2) is 0 Å². The Balaban J connectivity index is 2.47. The number of hydrogen-bond donors (Lipinski definition) is 1. The minimum atomic E-state index is -0.918. The second-order valence-corrected chi connectivity index (χ2v) is 4.68. The number of benzene rings is 1. The molecule has 1 aromatic heterocycles. The van der Waals surface area contributed by atoms with E-state index in [2.05, 4.69) is 4.98 Å². The van der Waals surface area contributed by atoms with Gasteiger partial charge in [0, 0.05) is 5.56 Å². The number of carboxylic acids is 1. The highest BCUT2D eigenvalue weighted by atomic mass is 32.1. The molecular weight excluding hydrogens is 250 g/mol. The monoisotopic (exact) mass is 263 g/mol. The predicted molar refractivity (Wildman–Crippen MR) is 70.4 cm³/mol. The first kappa shape index (κ1) is 12.6. The minimum absolute atomic E-state index is 0.315. The van der Waals surface area contributed by atoms with Crippen molar-refractivity contribution in [3.63, 3.8) is 0 Å². The van der Waals surface area contributed by atoms with Crippen LogP contribution in [0.3, 0.4) is 0 Å². The van der Waals surface area contributed by atoms with Crippen molar-refractivity contribution in [1.82, 2.24) is 4.98 Å².